The highest BCUT2D eigenvalue weighted by atomic mass is 15.0. The maximum Gasteiger partial charge on any atom is 0.164 e. The number of rotatable bonds is 5. The average molecular weight is 702 g/mol. The van der Waals surface area contributed by atoms with Crippen molar-refractivity contribution in [1.29, 1.82) is 0 Å². The quantitative estimate of drug-likeness (QED) is 0.179. The topological polar surface area (TPSA) is 38.7 Å². The van der Waals surface area contributed by atoms with Gasteiger partial charge in [-0.15, -0.1) is 0 Å². The second kappa shape index (κ2) is 12.6. The summed E-state index contributed by atoms with van der Waals surface area (Å²) in [5.74, 6) is 1.97. The van der Waals surface area contributed by atoms with E-state index in [1.807, 2.05) is 6.07 Å². The van der Waals surface area contributed by atoms with Crippen molar-refractivity contribution in [2.45, 2.75) is 18.3 Å². The van der Waals surface area contributed by atoms with E-state index in [0.29, 0.717) is 17.5 Å². The largest absolute Gasteiger partial charge is 0.208 e. The highest BCUT2D eigenvalue weighted by molar-refractivity contribution is 5.95. The zero-order chi connectivity index (χ0) is 36.3. The number of nitrogens with zero attached hydrogens (tertiary/aromatic N) is 3. The van der Waals surface area contributed by atoms with Gasteiger partial charge in [0.05, 0.1) is 5.41 Å². The number of fused-ring (bicyclic) bond motifs is 10. The van der Waals surface area contributed by atoms with Gasteiger partial charge in [-0.3, -0.25) is 0 Å². The number of aromatic nitrogens is 3. The van der Waals surface area contributed by atoms with Crippen LogP contribution < -0.4 is 0 Å². The lowest BCUT2D eigenvalue weighted by Gasteiger charge is -2.30. The minimum absolute atomic E-state index is 0.450. The molecule has 0 bridgehead atoms. The van der Waals surface area contributed by atoms with Gasteiger partial charge in [-0.25, -0.2) is 15.0 Å². The minimum atomic E-state index is -0.450. The first-order chi connectivity index (χ1) is 27.3. The molecule has 0 radical (unpaired) electrons. The predicted molar refractivity (Wildman–Crippen MR) is 224 cm³/mol. The molecule has 0 atom stereocenters. The van der Waals surface area contributed by atoms with Crippen molar-refractivity contribution in [2.75, 3.05) is 0 Å². The fourth-order valence-corrected chi connectivity index (χ4v) is 9.17. The summed E-state index contributed by atoms with van der Waals surface area (Å²) < 4.78 is 0. The van der Waals surface area contributed by atoms with Gasteiger partial charge in [0.25, 0.3) is 0 Å². The van der Waals surface area contributed by atoms with Gasteiger partial charge in [0.15, 0.2) is 17.5 Å². The first kappa shape index (κ1) is 31.5. The molecule has 3 aliphatic carbocycles. The van der Waals surface area contributed by atoms with E-state index in [2.05, 4.69) is 182 Å². The lowest BCUT2D eigenvalue weighted by Crippen LogP contribution is -2.25. The smallest absolute Gasteiger partial charge is 0.164 e. The van der Waals surface area contributed by atoms with Crippen LogP contribution in [0.5, 0.6) is 0 Å². The second-order valence-corrected chi connectivity index (χ2v) is 14.6. The zero-order valence-corrected chi connectivity index (χ0v) is 30.2. The fraction of sp³-hybridized carbons (Fsp3) is 0.0577. The molecule has 7 aromatic carbocycles. The summed E-state index contributed by atoms with van der Waals surface area (Å²) in [5, 5.41) is 0. The van der Waals surface area contributed by atoms with Crippen molar-refractivity contribution in [3.63, 3.8) is 0 Å². The summed E-state index contributed by atoms with van der Waals surface area (Å²) in [6.45, 7) is 0. The molecule has 1 spiro atoms. The Balaban J connectivity index is 1.13. The molecule has 3 nitrogen and oxygen atoms in total. The maximum absolute atomic E-state index is 5.29. The Morgan fingerprint density at radius 3 is 1.42 bits per heavy atom. The van der Waals surface area contributed by atoms with E-state index >= 15 is 0 Å². The lowest BCUT2D eigenvalue weighted by atomic mass is 9.70. The Bertz CT molecular complexity index is 2820. The van der Waals surface area contributed by atoms with Crippen molar-refractivity contribution in [2.24, 2.45) is 0 Å². The predicted octanol–water partition coefficient (Wildman–Crippen LogP) is 12.6. The Hall–Kier alpha value is -6.97. The number of hydrogen-bond acceptors (Lipinski definition) is 3. The van der Waals surface area contributed by atoms with Crippen LogP contribution in [0.2, 0.25) is 0 Å². The highest BCUT2D eigenvalue weighted by Crippen LogP contribution is 2.63. The molecule has 0 unspecified atom stereocenters. The van der Waals surface area contributed by atoms with Crippen LogP contribution in [0.1, 0.15) is 40.7 Å². The van der Waals surface area contributed by atoms with E-state index in [9.17, 15) is 0 Å². The van der Waals surface area contributed by atoms with Gasteiger partial charge in [0.1, 0.15) is 0 Å². The van der Waals surface area contributed by atoms with Gasteiger partial charge in [-0.1, -0.05) is 170 Å². The molecule has 0 fully saturated rings. The molecule has 0 N–H and O–H groups in total. The molecule has 0 saturated heterocycles. The van der Waals surface area contributed by atoms with E-state index in [1.54, 1.807) is 0 Å². The molecule has 55 heavy (non-hydrogen) atoms. The monoisotopic (exact) mass is 701 g/mol. The van der Waals surface area contributed by atoms with Crippen LogP contribution in [0.4, 0.5) is 0 Å². The third-order valence-corrected chi connectivity index (χ3v) is 11.6. The normalized spacial score (nSPS) is 14.2. The van der Waals surface area contributed by atoms with Gasteiger partial charge in [-0.05, 0) is 97.8 Å². The van der Waals surface area contributed by atoms with Crippen LogP contribution in [0.15, 0.2) is 188 Å². The molecule has 0 amide bonds. The molecule has 1 heterocycles. The standard InChI is InChI=1S/C52H35N3/c1-3-15-34(16-4-1)36-19-13-21-38(31-36)49-53-50(39-22-14-20-37(32-39)35-17-5-2-6-18-35)55-51(54-49)40-29-30-44-43-25-9-12-28-47(43)52(48(44)33-40)45-26-10-7-23-41(45)42-24-8-11-27-46(42)52/h1-5,7-17,19-33H,6,18H2. The first-order valence-corrected chi connectivity index (χ1v) is 19.1. The maximum atomic E-state index is 5.29. The number of benzene rings is 7. The van der Waals surface area contributed by atoms with Gasteiger partial charge < -0.3 is 0 Å². The second-order valence-electron chi connectivity index (χ2n) is 14.6. The third kappa shape index (κ3) is 4.93. The fourth-order valence-electron chi connectivity index (χ4n) is 9.17. The zero-order valence-electron chi connectivity index (χ0n) is 30.2. The summed E-state index contributed by atoms with van der Waals surface area (Å²) in [6.07, 6.45) is 8.67. The van der Waals surface area contributed by atoms with Gasteiger partial charge in [0.2, 0.25) is 0 Å². The van der Waals surface area contributed by atoms with E-state index in [1.165, 1.54) is 55.6 Å². The Morgan fingerprint density at radius 1 is 0.364 bits per heavy atom. The summed E-state index contributed by atoms with van der Waals surface area (Å²) >= 11 is 0. The molecule has 0 aliphatic heterocycles. The summed E-state index contributed by atoms with van der Waals surface area (Å²) in [6, 6.07) is 61.3. The van der Waals surface area contributed by atoms with Gasteiger partial charge in [0, 0.05) is 16.7 Å². The van der Waals surface area contributed by atoms with E-state index in [4.69, 9.17) is 15.0 Å². The molecule has 3 aliphatic rings. The number of allylic oxidation sites excluding steroid dienone is 4. The Labute approximate surface area is 321 Å². The van der Waals surface area contributed by atoms with Crippen molar-refractivity contribution in [1.82, 2.24) is 15.0 Å². The third-order valence-electron chi connectivity index (χ3n) is 11.6. The van der Waals surface area contributed by atoms with E-state index in [-0.39, 0.29) is 0 Å². The van der Waals surface area contributed by atoms with E-state index < -0.39 is 5.41 Å². The van der Waals surface area contributed by atoms with Crippen LogP contribution >= 0.6 is 0 Å². The highest BCUT2D eigenvalue weighted by Gasteiger charge is 2.51. The SMILES string of the molecule is C1=CCCC(c2cccc(-c3nc(-c4cccc(-c5ccccc5)c4)nc(-c4ccc5c(c4)C4(c6ccccc6-c6ccccc64)c4ccccc4-5)n3)c2)=C1. The summed E-state index contributed by atoms with van der Waals surface area (Å²) in [5.41, 5.74) is 17.6. The lowest BCUT2D eigenvalue weighted by molar-refractivity contribution is 0.794. The Morgan fingerprint density at radius 2 is 0.836 bits per heavy atom. The van der Waals surface area contributed by atoms with Crippen molar-refractivity contribution in [3.05, 3.63) is 216 Å². The van der Waals surface area contributed by atoms with Gasteiger partial charge in [-0.2, -0.15) is 0 Å². The van der Waals surface area contributed by atoms with Gasteiger partial charge >= 0.3 is 0 Å². The average Bonchev–Trinajstić information content (AvgIpc) is 3.74. The molecule has 1 aromatic heterocycles. The molecular weight excluding hydrogens is 667 g/mol. The van der Waals surface area contributed by atoms with Crippen molar-refractivity contribution in [3.8, 4) is 67.5 Å². The van der Waals surface area contributed by atoms with Crippen LogP contribution in [0.25, 0.3) is 73.1 Å². The summed E-state index contributed by atoms with van der Waals surface area (Å²) in [7, 11) is 0. The van der Waals surface area contributed by atoms with Crippen LogP contribution in [0, 0.1) is 0 Å². The summed E-state index contributed by atoms with van der Waals surface area (Å²) in [4.78, 5) is 15.8. The molecule has 0 saturated carbocycles. The van der Waals surface area contributed by atoms with Crippen LogP contribution in [-0.2, 0) is 5.41 Å². The first-order valence-electron chi connectivity index (χ1n) is 19.1. The molecule has 8 aromatic rings. The molecule has 11 rings (SSSR count). The molecular formula is C52H35N3. The Kier molecular flexibility index (Phi) is 7.21. The molecule has 3 heteroatoms. The molecule has 258 valence electrons. The van der Waals surface area contributed by atoms with Crippen molar-refractivity contribution >= 4 is 5.57 Å². The van der Waals surface area contributed by atoms with Crippen LogP contribution in [0.3, 0.4) is 0 Å². The number of hydrogen-bond donors (Lipinski definition) is 0. The van der Waals surface area contributed by atoms with E-state index in [0.717, 1.165) is 40.7 Å². The minimum Gasteiger partial charge on any atom is -0.208 e. The van der Waals surface area contributed by atoms with Crippen molar-refractivity contribution < 1.29 is 0 Å². The van der Waals surface area contributed by atoms with Crippen LogP contribution in [-0.4, -0.2) is 15.0 Å².